The number of amides is 2. The minimum absolute atomic E-state index is 0.128. The van der Waals surface area contributed by atoms with Crippen LogP contribution in [0.2, 0.25) is 0 Å². The molecule has 1 N–H and O–H groups in total. The number of hydrogen-bond donors (Lipinski definition) is 1. The van der Waals surface area contributed by atoms with Gasteiger partial charge in [0.2, 0.25) is 0 Å². The topological polar surface area (TPSA) is 58.1 Å². The van der Waals surface area contributed by atoms with Crippen molar-refractivity contribution in [2.45, 2.75) is 25.4 Å². The zero-order valence-corrected chi connectivity index (χ0v) is 14.0. The second-order valence-corrected chi connectivity index (χ2v) is 6.38. The molecule has 5 nitrogen and oxygen atoms in total. The molecule has 2 amide bonds. The van der Waals surface area contributed by atoms with Crippen LogP contribution in [-0.4, -0.2) is 34.0 Å². The molecule has 0 saturated carbocycles. The number of carbonyl (C=O) groups excluding carboxylic acids is 1. The minimum Gasteiger partial charge on any atom is -0.324 e. The maximum Gasteiger partial charge on any atom is 0.416 e. The standard InChI is InChI=1S/C18H19F3N4O/c19-18(20,21)15-5-1-3-13(10-15)9-14-4-2-8-25(11-14)17(26)24-16-6-7-22-12-23-16/h1,3,5-7,10,12,14H,2,4,8-9,11H2,(H,22,23,24,26). The summed E-state index contributed by atoms with van der Waals surface area (Å²) in [6, 6.07) is 6.75. The average molecular weight is 364 g/mol. The van der Waals surface area contributed by atoms with Crippen molar-refractivity contribution >= 4 is 11.8 Å². The Hall–Kier alpha value is -2.64. The predicted molar refractivity (Wildman–Crippen MR) is 90.5 cm³/mol. The molecule has 138 valence electrons. The molecule has 2 aromatic rings. The third-order valence-electron chi connectivity index (χ3n) is 4.40. The second kappa shape index (κ2) is 7.72. The van der Waals surface area contributed by atoms with Crippen LogP contribution in [0.4, 0.5) is 23.8 Å². The smallest absolute Gasteiger partial charge is 0.324 e. The molecule has 1 unspecified atom stereocenters. The summed E-state index contributed by atoms with van der Waals surface area (Å²) in [6.45, 7) is 1.13. The summed E-state index contributed by atoms with van der Waals surface area (Å²) >= 11 is 0. The summed E-state index contributed by atoms with van der Waals surface area (Å²) in [5.41, 5.74) is 0.00653. The number of carbonyl (C=O) groups is 1. The lowest BCUT2D eigenvalue weighted by Gasteiger charge is -2.32. The lowest BCUT2D eigenvalue weighted by atomic mass is 9.91. The largest absolute Gasteiger partial charge is 0.416 e. The highest BCUT2D eigenvalue weighted by Gasteiger charge is 2.31. The van der Waals surface area contributed by atoms with Gasteiger partial charge in [0, 0.05) is 19.3 Å². The lowest BCUT2D eigenvalue weighted by Crippen LogP contribution is -2.43. The second-order valence-electron chi connectivity index (χ2n) is 6.38. The molecule has 1 saturated heterocycles. The van der Waals surface area contributed by atoms with Crippen LogP contribution in [0.15, 0.2) is 42.9 Å². The van der Waals surface area contributed by atoms with Gasteiger partial charge in [-0.3, -0.25) is 5.32 Å². The Morgan fingerprint density at radius 1 is 1.31 bits per heavy atom. The van der Waals surface area contributed by atoms with Gasteiger partial charge in [-0.15, -0.1) is 0 Å². The first kappa shape index (κ1) is 18.2. The van der Waals surface area contributed by atoms with E-state index in [0.29, 0.717) is 30.9 Å². The highest BCUT2D eigenvalue weighted by atomic mass is 19.4. The first-order chi connectivity index (χ1) is 12.4. The van der Waals surface area contributed by atoms with E-state index in [1.165, 1.54) is 24.7 Å². The number of halogens is 3. The number of nitrogens with one attached hydrogen (secondary N) is 1. The van der Waals surface area contributed by atoms with Crippen molar-refractivity contribution in [1.29, 1.82) is 0 Å². The number of benzene rings is 1. The minimum atomic E-state index is -4.34. The summed E-state index contributed by atoms with van der Waals surface area (Å²) in [6.07, 6.45) is 0.763. The van der Waals surface area contributed by atoms with Crippen molar-refractivity contribution in [3.8, 4) is 0 Å². The van der Waals surface area contributed by atoms with Gasteiger partial charge in [-0.2, -0.15) is 13.2 Å². The van der Waals surface area contributed by atoms with Gasteiger partial charge in [0.1, 0.15) is 12.1 Å². The van der Waals surface area contributed by atoms with Crippen LogP contribution >= 0.6 is 0 Å². The van der Waals surface area contributed by atoms with Crippen LogP contribution < -0.4 is 5.32 Å². The summed E-state index contributed by atoms with van der Waals surface area (Å²) < 4.78 is 38.5. The molecule has 2 heterocycles. The van der Waals surface area contributed by atoms with E-state index in [1.807, 2.05) is 0 Å². The van der Waals surface area contributed by atoms with Crippen molar-refractivity contribution in [2.75, 3.05) is 18.4 Å². The van der Waals surface area contributed by atoms with Gasteiger partial charge in [-0.05, 0) is 42.9 Å². The Kier molecular flexibility index (Phi) is 5.39. The molecule has 1 fully saturated rings. The molecule has 26 heavy (non-hydrogen) atoms. The monoisotopic (exact) mass is 364 g/mol. The van der Waals surface area contributed by atoms with Crippen LogP contribution in [-0.2, 0) is 12.6 Å². The molecule has 0 aliphatic carbocycles. The normalized spacial score (nSPS) is 17.8. The van der Waals surface area contributed by atoms with E-state index in [2.05, 4.69) is 15.3 Å². The SMILES string of the molecule is O=C(Nc1ccncn1)N1CCCC(Cc2cccc(C(F)(F)F)c2)C1. The van der Waals surface area contributed by atoms with Gasteiger partial charge in [0.05, 0.1) is 5.56 Å². The average Bonchev–Trinajstić information content (AvgIpc) is 2.62. The van der Waals surface area contributed by atoms with Crippen LogP contribution in [0, 0.1) is 5.92 Å². The molecule has 3 rings (SSSR count). The van der Waals surface area contributed by atoms with Crippen molar-refractivity contribution in [2.24, 2.45) is 5.92 Å². The molecule has 0 radical (unpaired) electrons. The maximum absolute atomic E-state index is 12.8. The first-order valence-electron chi connectivity index (χ1n) is 8.40. The first-order valence-corrected chi connectivity index (χ1v) is 8.40. The van der Waals surface area contributed by atoms with E-state index in [0.717, 1.165) is 18.9 Å². The zero-order valence-electron chi connectivity index (χ0n) is 14.0. The molecule has 0 bridgehead atoms. The quantitative estimate of drug-likeness (QED) is 0.896. The van der Waals surface area contributed by atoms with E-state index in [4.69, 9.17) is 0 Å². The Balaban J connectivity index is 1.61. The highest BCUT2D eigenvalue weighted by Crippen LogP contribution is 2.30. The van der Waals surface area contributed by atoms with Crippen molar-refractivity contribution < 1.29 is 18.0 Å². The van der Waals surface area contributed by atoms with Crippen LogP contribution in [0.5, 0.6) is 0 Å². The maximum atomic E-state index is 12.8. The molecule has 0 spiro atoms. The molecular weight excluding hydrogens is 345 g/mol. The van der Waals surface area contributed by atoms with Crippen molar-refractivity contribution in [1.82, 2.24) is 14.9 Å². The Bertz CT molecular complexity index is 752. The van der Waals surface area contributed by atoms with Crippen LogP contribution in [0.1, 0.15) is 24.0 Å². The fourth-order valence-corrected chi connectivity index (χ4v) is 3.18. The molecule has 1 aliphatic rings. The van der Waals surface area contributed by atoms with E-state index >= 15 is 0 Å². The highest BCUT2D eigenvalue weighted by molar-refractivity contribution is 5.88. The van der Waals surface area contributed by atoms with Gasteiger partial charge in [-0.25, -0.2) is 14.8 Å². The number of piperidine rings is 1. The van der Waals surface area contributed by atoms with E-state index in [-0.39, 0.29) is 11.9 Å². The third kappa shape index (κ3) is 4.71. The number of urea groups is 1. The fraction of sp³-hybridized carbons (Fsp3) is 0.389. The lowest BCUT2D eigenvalue weighted by molar-refractivity contribution is -0.137. The number of anilines is 1. The van der Waals surface area contributed by atoms with E-state index in [9.17, 15) is 18.0 Å². The number of rotatable bonds is 3. The summed E-state index contributed by atoms with van der Waals surface area (Å²) in [7, 11) is 0. The summed E-state index contributed by atoms with van der Waals surface area (Å²) in [4.78, 5) is 21.8. The van der Waals surface area contributed by atoms with E-state index < -0.39 is 11.7 Å². The Labute approximate surface area is 149 Å². The number of hydrogen-bond acceptors (Lipinski definition) is 3. The predicted octanol–water partition coefficient (Wildman–Crippen LogP) is 3.98. The molecule has 1 aliphatic heterocycles. The molecule has 1 aromatic heterocycles. The van der Waals surface area contributed by atoms with Gasteiger partial charge >= 0.3 is 12.2 Å². The summed E-state index contributed by atoms with van der Waals surface area (Å²) in [5.74, 6) is 0.549. The zero-order chi connectivity index (χ0) is 18.6. The van der Waals surface area contributed by atoms with Gasteiger partial charge in [0.25, 0.3) is 0 Å². The molecule has 8 heteroatoms. The molecular formula is C18H19F3N4O. The van der Waals surface area contributed by atoms with Gasteiger partial charge in [0.15, 0.2) is 0 Å². The number of aromatic nitrogens is 2. The van der Waals surface area contributed by atoms with Crippen molar-refractivity contribution in [3.05, 3.63) is 54.0 Å². The molecule has 1 aromatic carbocycles. The molecule has 1 atom stereocenters. The van der Waals surface area contributed by atoms with E-state index in [1.54, 1.807) is 17.0 Å². The van der Waals surface area contributed by atoms with Crippen LogP contribution in [0.3, 0.4) is 0 Å². The van der Waals surface area contributed by atoms with Crippen LogP contribution in [0.25, 0.3) is 0 Å². The number of alkyl halides is 3. The Morgan fingerprint density at radius 2 is 2.15 bits per heavy atom. The number of nitrogens with zero attached hydrogens (tertiary/aromatic N) is 3. The van der Waals surface area contributed by atoms with Crippen molar-refractivity contribution in [3.63, 3.8) is 0 Å². The van der Waals surface area contributed by atoms with Gasteiger partial charge < -0.3 is 4.90 Å². The third-order valence-corrected chi connectivity index (χ3v) is 4.40. The fourth-order valence-electron chi connectivity index (χ4n) is 3.18. The Morgan fingerprint density at radius 3 is 2.88 bits per heavy atom. The van der Waals surface area contributed by atoms with Gasteiger partial charge in [-0.1, -0.05) is 18.2 Å². The summed E-state index contributed by atoms with van der Waals surface area (Å²) in [5, 5.41) is 2.71. The number of likely N-dealkylation sites (tertiary alicyclic amines) is 1.